The van der Waals surface area contributed by atoms with Crippen molar-refractivity contribution >= 4 is 22.1 Å². The molecule has 2 N–H and O–H groups in total. The third kappa shape index (κ3) is 4.31. The minimum Gasteiger partial charge on any atom is -0.480 e. The molecule has 1 saturated heterocycles. The molecule has 2 rings (SSSR count). The SMILES string of the molecule is COC(=O)C1CCN(S(=O)(=O)N[C@@H](C(=O)O)c2ccccc2)CC1. The lowest BCUT2D eigenvalue weighted by Crippen LogP contribution is -2.48. The van der Waals surface area contributed by atoms with Crippen LogP contribution >= 0.6 is 0 Å². The Morgan fingerprint density at radius 3 is 2.33 bits per heavy atom. The lowest BCUT2D eigenvalue weighted by molar-refractivity contribution is -0.146. The van der Waals surface area contributed by atoms with Crippen LogP contribution in [-0.4, -0.2) is 50.0 Å². The van der Waals surface area contributed by atoms with Crippen molar-refractivity contribution in [3.63, 3.8) is 0 Å². The summed E-state index contributed by atoms with van der Waals surface area (Å²) in [5.41, 5.74) is 0.345. The summed E-state index contributed by atoms with van der Waals surface area (Å²) in [6.45, 7) is 0.270. The van der Waals surface area contributed by atoms with E-state index in [1.165, 1.54) is 7.11 Å². The van der Waals surface area contributed by atoms with E-state index in [-0.39, 0.29) is 25.0 Å². The number of carboxylic acids is 1. The molecule has 9 heteroatoms. The van der Waals surface area contributed by atoms with Crippen LogP contribution in [0.5, 0.6) is 0 Å². The number of piperidine rings is 1. The predicted octanol–water partition coefficient (Wildman–Crippen LogP) is 0.532. The Morgan fingerprint density at radius 1 is 1.25 bits per heavy atom. The lowest BCUT2D eigenvalue weighted by Gasteiger charge is -2.30. The van der Waals surface area contributed by atoms with E-state index in [0.29, 0.717) is 18.4 Å². The molecular formula is C15H20N2O6S. The van der Waals surface area contributed by atoms with Crippen molar-refractivity contribution in [3.05, 3.63) is 35.9 Å². The summed E-state index contributed by atoms with van der Waals surface area (Å²) in [5, 5.41) is 9.33. The highest BCUT2D eigenvalue weighted by atomic mass is 32.2. The summed E-state index contributed by atoms with van der Waals surface area (Å²) >= 11 is 0. The second-order valence-corrected chi connectivity index (χ2v) is 7.20. The molecule has 132 valence electrons. The summed E-state index contributed by atoms with van der Waals surface area (Å²) in [6.07, 6.45) is 0.688. The molecule has 1 aromatic carbocycles. The maximum absolute atomic E-state index is 12.5. The van der Waals surface area contributed by atoms with Crippen LogP contribution in [0, 0.1) is 5.92 Å². The monoisotopic (exact) mass is 356 g/mol. The molecule has 0 saturated carbocycles. The number of nitrogens with zero attached hydrogens (tertiary/aromatic N) is 1. The molecule has 0 aliphatic carbocycles. The number of ether oxygens (including phenoxy) is 1. The molecule has 8 nitrogen and oxygen atoms in total. The molecule has 1 aliphatic heterocycles. The van der Waals surface area contributed by atoms with Gasteiger partial charge in [-0.3, -0.25) is 9.59 Å². The number of carbonyl (C=O) groups excluding carboxylic acids is 1. The zero-order valence-corrected chi connectivity index (χ0v) is 14.0. The molecule has 0 amide bonds. The Hall–Kier alpha value is -1.97. The zero-order valence-electron chi connectivity index (χ0n) is 13.2. The van der Waals surface area contributed by atoms with Crippen LogP contribution in [0.3, 0.4) is 0 Å². The first kappa shape index (κ1) is 18.4. The van der Waals surface area contributed by atoms with Crippen molar-refractivity contribution in [2.75, 3.05) is 20.2 Å². The van der Waals surface area contributed by atoms with Gasteiger partial charge in [0.05, 0.1) is 13.0 Å². The fourth-order valence-electron chi connectivity index (χ4n) is 2.63. The third-order valence-electron chi connectivity index (χ3n) is 3.97. The number of nitrogens with one attached hydrogen (secondary N) is 1. The second-order valence-electron chi connectivity index (χ2n) is 5.50. The Bertz CT molecular complexity index is 683. The Morgan fingerprint density at radius 2 is 1.83 bits per heavy atom. The van der Waals surface area contributed by atoms with Gasteiger partial charge >= 0.3 is 11.9 Å². The highest BCUT2D eigenvalue weighted by molar-refractivity contribution is 7.87. The molecule has 0 spiro atoms. The molecule has 0 bridgehead atoms. The molecule has 1 heterocycles. The Balaban J connectivity index is 2.07. The summed E-state index contributed by atoms with van der Waals surface area (Å²) in [7, 11) is -2.69. The van der Waals surface area contributed by atoms with Crippen molar-refractivity contribution in [1.29, 1.82) is 0 Å². The van der Waals surface area contributed by atoms with E-state index in [9.17, 15) is 23.1 Å². The van der Waals surface area contributed by atoms with Gasteiger partial charge in [-0.1, -0.05) is 30.3 Å². The number of carboxylic acid groups (broad SMARTS) is 1. The third-order valence-corrected chi connectivity index (χ3v) is 5.55. The van der Waals surface area contributed by atoms with Crippen LogP contribution in [0.25, 0.3) is 0 Å². The molecule has 1 fully saturated rings. The van der Waals surface area contributed by atoms with Gasteiger partial charge < -0.3 is 9.84 Å². The smallest absolute Gasteiger partial charge is 0.326 e. The van der Waals surface area contributed by atoms with Crippen molar-refractivity contribution < 1.29 is 27.9 Å². The quantitative estimate of drug-likeness (QED) is 0.719. The van der Waals surface area contributed by atoms with Gasteiger partial charge in [-0.15, -0.1) is 0 Å². The van der Waals surface area contributed by atoms with Gasteiger partial charge in [0.2, 0.25) is 0 Å². The average molecular weight is 356 g/mol. The fourth-order valence-corrected chi connectivity index (χ4v) is 4.00. The molecule has 1 aromatic rings. The molecule has 1 atom stereocenters. The number of hydrogen-bond acceptors (Lipinski definition) is 5. The van der Waals surface area contributed by atoms with E-state index in [4.69, 9.17) is 0 Å². The number of methoxy groups -OCH3 is 1. The summed E-state index contributed by atoms with van der Waals surface area (Å²) in [6, 6.07) is 6.72. The van der Waals surface area contributed by atoms with E-state index in [1.54, 1.807) is 30.3 Å². The zero-order chi connectivity index (χ0) is 17.7. The molecule has 24 heavy (non-hydrogen) atoms. The summed E-state index contributed by atoms with van der Waals surface area (Å²) < 4.78 is 33.0. The first-order valence-corrected chi connectivity index (χ1v) is 8.92. The fraction of sp³-hybridized carbons (Fsp3) is 0.467. The first-order chi connectivity index (χ1) is 11.3. The minimum atomic E-state index is -3.98. The maximum atomic E-state index is 12.5. The van der Waals surface area contributed by atoms with Crippen molar-refractivity contribution in [2.45, 2.75) is 18.9 Å². The van der Waals surface area contributed by atoms with Gasteiger partial charge in [0.25, 0.3) is 10.2 Å². The average Bonchev–Trinajstić information content (AvgIpc) is 2.59. The number of esters is 1. The van der Waals surface area contributed by atoms with Gasteiger partial charge in [0, 0.05) is 13.1 Å². The van der Waals surface area contributed by atoms with Crippen LogP contribution in [0.4, 0.5) is 0 Å². The van der Waals surface area contributed by atoms with E-state index in [0.717, 1.165) is 4.31 Å². The molecule has 0 unspecified atom stereocenters. The Kier molecular flexibility index (Phi) is 5.92. The second kappa shape index (κ2) is 7.73. The highest BCUT2D eigenvalue weighted by Gasteiger charge is 2.34. The van der Waals surface area contributed by atoms with Gasteiger partial charge in [0.15, 0.2) is 0 Å². The van der Waals surface area contributed by atoms with Gasteiger partial charge in [-0.05, 0) is 18.4 Å². The van der Waals surface area contributed by atoms with Crippen LogP contribution < -0.4 is 4.72 Å². The van der Waals surface area contributed by atoms with E-state index < -0.39 is 22.2 Å². The van der Waals surface area contributed by atoms with Gasteiger partial charge in [-0.25, -0.2) is 0 Å². The Labute approximate surface area is 140 Å². The van der Waals surface area contributed by atoms with E-state index in [2.05, 4.69) is 9.46 Å². The van der Waals surface area contributed by atoms with Crippen LogP contribution in [-0.2, 0) is 24.5 Å². The van der Waals surface area contributed by atoms with E-state index in [1.807, 2.05) is 0 Å². The topological polar surface area (TPSA) is 113 Å². The van der Waals surface area contributed by atoms with Gasteiger partial charge in [0.1, 0.15) is 6.04 Å². The predicted molar refractivity (Wildman–Crippen MR) is 85.2 cm³/mol. The molecule has 0 aromatic heterocycles. The first-order valence-electron chi connectivity index (χ1n) is 7.48. The minimum absolute atomic E-state index is 0.135. The number of benzene rings is 1. The van der Waals surface area contributed by atoms with Crippen molar-refractivity contribution in [1.82, 2.24) is 9.03 Å². The van der Waals surface area contributed by atoms with Crippen LogP contribution in [0.2, 0.25) is 0 Å². The number of hydrogen-bond donors (Lipinski definition) is 2. The van der Waals surface area contributed by atoms with Crippen molar-refractivity contribution in [2.24, 2.45) is 5.92 Å². The number of aliphatic carboxylic acids is 1. The van der Waals surface area contributed by atoms with Crippen molar-refractivity contribution in [3.8, 4) is 0 Å². The number of rotatable bonds is 6. The number of carbonyl (C=O) groups is 2. The molecule has 1 aliphatic rings. The largest absolute Gasteiger partial charge is 0.480 e. The van der Waals surface area contributed by atoms with Crippen LogP contribution in [0.15, 0.2) is 30.3 Å². The van der Waals surface area contributed by atoms with E-state index >= 15 is 0 Å². The molecular weight excluding hydrogens is 336 g/mol. The summed E-state index contributed by atoms with van der Waals surface area (Å²) in [4.78, 5) is 22.9. The summed E-state index contributed by atoms with van der Waals surface area (Å²) in [5.74, 6) is -1.97. The normalized spacial score (nSPS) is 18.0. The highest BCUT2D eigenvalue weighted by Crippen LogP contribution is 2.22. The van der Waals surface area contributed by atoms with Crippen LogP contribution in [0.1, 0.15) is 24.4 Å². The standard InChI is InChI=1S/C15H20N2O6S/c1-23-15(20)12-7-9-17(10-8-12)24(21,22)16-13(14(18)19)11-5-3-2-4-6-11/h2-6,12-13,16H,7-10H2,1H3,(H,18,19)/t13-/m1/s1. The lowest BCUT2D eigenvalue weighted by atomic mass is 9.99. The maximum Gasteiger partial charge on any atom is 0.326 e. The molecule has 0 radical (unpaired) electrons. The van der Waals surface area contributed by atoms with Gasteiger partial charge in [-0.2, -0.15) is 17.4 Å².